The average molecular weight is 408 g/mol. The van der Waals surface area contributed by atoms with E-state index in [1.165, 1.54) is 12.1 Å². The maximum Gasteiger partial charge on any atom is 0.356 e. The van der Waals surface area contributed by atoms with Gasteiger partial charge in [0, 0.05) is 23.0 Å². The number of non-ortho nitro benzene ring substituents is 1. The van der Waals surface area contributed by atoms with Gasteiger partial charge in [-0.15, -0.1) is 0 Å². The zero-order chi connectivity index (χ0) is 19.6. The van der Waals surface area contributed by atoms with E-state index in [4.69, 9.17) is 27.9 Å². The molecular weight excluding hydrogens is 397 g/mol. The first-order chi connectivity index (χ1) is 12.9. The molecule has 138 valence electrons. The summed E-state index contributed by atoms with van der Waals surface area (Å²) in [4.78, 5) is 37.2. The van der Waals surface area contributed by atoms with E-state index in [0.29, 0.717) is 10.9 Å². The number of esters is 1. The van der Waals surface area contributed by atoms with Gasteiger partial charge in [-0.05, 0) is 12.1 Å². The lowest BCUT2D eigenvalue weighted by Crippen LogP contribution is -2.21. The second kappa shape index (κ2) is 7.65. The molecule has 10 heteroatoms. The van der Waals surface area contributed by atoms with Crippen LogP contribution in [0.2, 0.25) is 10.0 Å². The van der Waals surface area contributed by atoms with Gasteiger partial charge in [0.05, 0.1) is 20.7 Å². The van der Waals surface area contributed by atoms with Gasteiger partial charge in [0.1, 0.15) is 5.69 Å². The van der Waals surface area contributed by atoms with Gasteiger partial charge < -0.3 is 15.0 Å². The Kier molecular flexibility index (Phi) is 5.29. The summed E-state index contributed by atoms with van der Waals surface area (Å²) >= 11 is 12.1. The van der Waals surface area contributed by atoms with E-state index in [2.05, 4.69) is 10.3 Å². The van der Waals surface area contributed by atoms with Crippen LogP contribution in [0.4, 0.5) is 11.4 Å². The van der Waals surface area contributed by atoms with Crippen LogP contribution in [0.3, 0.4) is 0 Å². The van der Waals surface area contributed by atoms with Gasteiger partial charge in [0.15, 0.2) is 6.61 Å². The topological polar surface area (TPSA) is 114 Å². The first kappa shape index (κ1) is 18.7. The number of nitro benzene ring substituents is 1. The predicted octanol–water partition coefficient (Wildman–Crippen LogP) is 4.18. The zero-order valence-corrected chi connectivity index (χ0v) is 15.0. The molecule has 1 amide bonds. The number of amides is 1. The van der Waals surface area contributed by atoms with Crippen molar-refractivity contribution in [3.05, 3.63) is 68.3 Å². The fourth-order valence-electron chi connectivity index (χ4n) is 2.36. The first-order valence-electron chi connectivity index (χ1n) is 7.54. The van der Waals surface area contributed by atoms with Crippen LogP contribution in [0.5, 0.6) is 0 Å². The second-order valence-electron chi connectivity index (χ2n) is 5.41. The molecule has 1 aromatic heterocycles. The van der Waals surface area contributed by atoms with Crippen LogP contribution < -0.4 is 5.32 Å². The number of aromatic amines is 1. The van der Waals surface area contributed by atoms with Crippen molar-refractivity contribution in [1.82, 2.24) is 4.98 Å². The zero-order valence-electron chi connectivity index (χ0n) is 13.5. The normalized spacial score (nSPS) is 10.6. The molecule has 0 aliphatic heterocycles. The Bertz CT molecular complexity index is 1060. The molecule has 0 atom stereocenters. The number of nitro groups is 1. The van der Waals surface area contributed by atoms with Crippen molar-refractivity contribution < 1.29 is 19.2 Å². The molecule has 0 bridgehead atoms. The minimum absolute atomic E-state index is 0.0269. The van der Waals surface area contributed by atoms with Crippen LogP contribution in [-0.4, -0.2) is 28.4 Å². The van der Waals surface area contributed by atoms with E-state index >= 15 is 0 Å². The van der Waals surface area contributed by atoms with E-state index in [9.17, 15) is 19.7 Å². The average Bonchev–Trinajstić information content (AvgIpc) is 2.98. The molecule has 3 rings (SSSR count). The number of para-hydroxylation sites is 1. The summed E-state index contributed by atoms with van der Waals surface area (Å²) in [6, 6.07) is 10.6. The molecule has 0 fully saturated rings. The van der Waals surface area contributed by atoms with Crippen LogP contribution in [0.15, 0.2) is 42.5 Å². The molecule has 0 aliphatic carbocycles. The molecule has 0 unspecified atom stereocenters. The molecule has 2 aromatic carbocycles. The van der Waals surface area contributed by atoms with Crippen molar-refractivity contribution >= 4 is 57.4 Å². The van der Waals surface area contributed by atoms with Gasteiger partial charge >= 0.3 is 5.97 Å². The summed E-state index contributed by atoms with van der Waals surface area (Å²) in [7, 11) is 0. The van der Waals surface area contributed by atoms with E-state index in [0.717, 1.165) is 6.07 Å². The molecule has 1 heterocycles. The third kappa shape index (κ3) is 4.02. The number of rotatable bonds is 5. The third-order valence-electron chi connectivity index (χ3n) is 3.62. The van der Waals surface area contributed by atoms with Crippen molar-refractivity contribution in [3.8, 4) is 0 Å². The highest BCUT2D eigenvalue weighted by molar-refractivity contribution is 6.38. The number of nitrogens with zero attached hydrogens (tertiary/aromatic N) is 1. The van der Waals surface area contributed by atoms with Gasteiger partial charge in [0.25, 0.3) is 11.6 Å². The summed E-state index contributed by atoms with van der Waals surface area (Å²) in [6.45, 7) is -0.621. The molecular formula is C17H11Cl2N3O5. The number of anilines is 1. The van der Waals surface area contributed by atoms with Gasteiger partial charge in [-0.2, -0.15) is 0 Å². The summed E-state index contributed by atoms with van der Waals surface area (Å²) in [5.74, 6) is -1.52. The number of carbonyl (C=O) groups is 2. The molecule has 0 saturated carbocycles. The molecule has 0 aliphatic rings. The minimum atomic E-state index is -0.809. The number of nitrogens with one attached hydrogen (secondary N) is 2. The lowest BCUT2D eigenvalue weighted by Gasteiger charge is -2.07. The number of benzene rings is 2. The maximum atomic E-state index is 12.2. The number of halogens is 2. The Morgan fingerprint density at radius 3 is 2.63 bits per heavy atom. The Hall–Kier alpha value is -3.10. The highest BCUT2D eigenvalue weighted by Crippen LogP contribution is 2.28. The Balaban J connectivity index is 1.67. The molecule has 8 nitrogen and oxygen atoms in total. The largest absolute Gasteiger partial charge is 0.451 e. The highest BCUT2D eigenvalue weighted by atomic mass is 35.5. The van der Waals surface area contributed by atoms with Crippen molar-refractivity contribution in [2.45, 2.75) is 0 Å². The number of hydrogen-bond donors (Lipinski definition) is 2. The lowest BCUT2D eigenvalue weighted by molar-refractivity contribution is -0.384. The van der Waals surface area contributed by atoms with Crippen LogP contribution in [-0.2, 0) is 9.53 Å². The minimum Gasteiger partial charge on any atom is -0.451 e. The lowest BCUT2D eigenvalue weighted by atomic mass is 10.2. The fourth-order valence-corrected chi connectivity index (χ4v) is 2.81. The summed E-state index contributed by atoms with van der Waals surface area (Å²) in [5.41, 5.74) is 0.480. The quantitative estimate of drug-likeness (QED) is 0.374. The Morgan fingerprint density at radius 2 is 1.93 bits per heavy atom. The van der Waals surface area contributed by atoms with Crippen molar-refractivity contribution in [3.63, 3.8) is 0 Å². The van der Waals surface area contributed by atoms with Gasteiger partial charge in [-0.25, -0.2) is 4.79 Å². The highest BCUT2D eigenvalue weighted by Gasteiger charge is 2.19. The standard InChI is InChI=1S/C17H11Cl2N3O5/c18-11-6-5-9(22(25)26)7-13(11)20-14(23)8-27-17(24)16-15(19)10-3-1-2-4-12(10)21-16/h1-7,21H,8H2,(H,20,23). The first-order valence-corrected chi connectivity index (χ1v) is 8.29. The maximum absolute atomic E-state index is 12.2. The number of hydrogen-bond acceptors (Lipinski definition) is 5. The smallest absolute Gasteiger partial charge is 0.356 e. The number of ether oxygens (including phenoxy) is 1. The van der Waals surface area contributed by atoms with E-state index in [1.54, 1.807) is 24.3 Å². The number of carbonyl (C=O) groups excluding carboxylic acids is 2. The molecule has 2 N–H and O–H groups in total. The molecule has 0 spiro atoms. The molecule has 0 saturated heterocycles. The third-order valence-corrected chi connectivity index (χ3v) is 4.34. The predicted molar refractivity (Wildman–Crippen MR) is 100 cm³/mol. The van der Waals surface area contributed by atoms with Crippen molar-refractivity contribution in [1.29, 1.82) is 0 Å². The van der Waals surface area contributed by atoms with Crippen LogP contribution in [0, 0.1) is 10.1 Å². The Labute approximate surface area is 162 Å². The van der Waals surface area contributed by atoms with Crippen LogP contribution in [0.25, 0.3) is 10.9 Å². The van der Waals surface area contributed by atoms with E-state index in [-0.39, 0.29) is 27.1 Å². The number of H-pyrrole nitrogens is 1. The van der Waals surface area contributed by atoms with Gasteiger partial charge in [0.2, 0.25) is 0 Å². The van der Waals surface area contributed by atoms with E-state index < -0.39 is 23.4 Å². The van der Waals surface area contributed by atoms with Gasteiger partial charge in [-0.1, -0.05) is 41.4 Å². The van der Waals surface area contributed by atoms with Gasteiger partial charge in [-0.3, -0.25) is 14.9 Å². The number of fused-ring (bicyclic) bond motifs is 1. The van der Waals surface area contributed by atoms with Crippen LogP contribution >= 0.6 is 23.2 Å². The molecule has 27 heavy (non-hydrogen) atoms. The van der Waals surface area contributed by atoms with Crippen molar-refractivity contribution in [2.24, 2.45) is 0 Å². The SMILES string of the molecule is O=C(COC(=O)c1[nH]c2ccccc2c1Cl)Nc1cc([N+](=O)[O-])ccc1Cl. The Morgan fingerprint density at radius 1 is 1.19 bits per heavy atom. The fraction of sp³-hybridized carbons (Fsp3) is 0.0588. The monoisotopic (exact) mass is 407 g/mol. The summed E-state index contributed by atoms with van der Waals surface area (Å²) in [5, 5.41) is 14.1. The van der Waals surface area contributed by atoms with E-state index in [1.807, 2.05) is 0 Å². The van der Waals surface area contributed by atoms with Crippen molar-refractivity contribution in [2.75, 3.05) is 11.9 Å². The van der Waals surface area contributed by atoms with Crippen LogP contribution in [0.1, 0.15) is 10.5 Å². The summed E-state index contributed by atoms with van der Waals surface area (Å²) < 4.78 is 4.95. The molecule has 3 aromatic rings. The molecule has 0 radical (unpaired) electrons. The second-order valence-corrected chi connectivity index (χ2v) is 6.19. The summed E-state index contributed by atoms with van der Waals surface area (Å²) in [6.07, 6.45) is 0. The number of aromatic nitrogens is 1.